The van der Waals surface area contributed by atoms with Crippen LogP contribution in [0.2, 0.25) is 0 Å². The topological polar surface area (TPSA) is 77.6 Å². The summed E-state index contributed by atoms with van der Waals surface area (Å²) in [7, 11) is 1.80. The van der Waals surface area contributed by atoms with Crippen molar-refractivity contribution in [1.82, 2.24) is 24.3 Å². The second kappa shape index (κ2) is 4.49. The first kappa shape index (κ1) is 11.9. The lowest BCUT2D eigenvalue weighted by atomic mass is 9.95. The lowest BCUT2D eigenvalue weighted by Crippen LogP contribution is -2.31. The Morgan fingerprint density at radius 1 is 1.53 bits per heavy atom. The van der Waals surface area contributed by atoms with Gasteiger partial charge in [0.25, 0.3) is 0 Å². The van der Waals surface area contributed by atoms with Crippen LogP contribution in [-0.2, 0) is 24.8 Å². The van der Waals surface area contributed by atoms with Gasteiger partial charge in [-0.05, 0) is 13.3 Å². The van der Waals surface area contributed by atoms with Gasteiger partial charge in [0.2, 0.25) is 11.9 Å². The Kier molecular flexibility index (Phi) is 2.81. The number of imidazole rings is 1. The summed E-state index contributed by atoms with van der Waals surface area (Å²) in [5, 5.41) is 10.4. The molecule has 7 nitrogen and oxygen atoms in total. The largest absolute Gasteiger partial charge is 0.332 e. The van der Waals surface area contributed by atoms with E-state index in [1.165, 1.54) is 0 Å². The molecule has 3 heterocycles. The molecule has 1 unspecified atom stereocenters. The van der Waals surface area contributed by atoms with Crippen LogP contribution in [0.4, 0.5) is 5.95 Å². The minimum atomic E-state index is -0.0275. The highest BCUT2D eigenvalue weighted by atomic mass is 16.2. The molecule has 100 valence electrons. The molecule has 0 saturated carbocycles. The maximum Gasteiger partial charge on any atom is 0.230 e. The van der Waals surface area contributed by atoms with E-state index in [0.29, 0.717) is 5.95 Å². The van der Waals surface area contributed by atoms with Gasteiger partial charge in [0, 0.05) is 37.8 Å². The van der Waals surface area contributed by atoms with E-state index in [2.05, 4.69) is 25.1 Å². The minimum Gasteiger partial charge on any atom is -0.332 e. The van der Waals surface area contributed by atoms with Crippen LogP contribution in [0.3, 0.4) is 0 Å². The van der Waals surface area contributed by atoms with Gasteiger partial charge in [0.1, 0.15) is 12.2 Å². The summed E-state index contributed by atoms with van der Waals surface area (Å²) in [4.78, 5) is 16.5. The van der Waals surface area contributed by atoms with Crippen molar-refractivity contribution in [3.8, 4) is 0 Å². The normalized spacial score (nSPS) is 18.1. The maximum absolute atomic E-state index is 12.2. The number of carbonyl (C=O) groups is 1. The molecule has 1 aliphatic rings. The molecule has 2 aromatic rings. The Hall–Kier alpha value is -2.18. The third kappa shape index (κ3) is 2.11. The van der Waals surface area contributed by atoms with Gasteiger partial charge in [-0.15, -0.1) is 10.2 Å². The Bertz CT molecular complexity index is 614. The van der Waals surface area contributed by atoms with Crippen molar-refractivity contribution >= 4 is 11.9 Å². The van der Waals surface area contributed by atoms with Gasteiger partial charge in [-0.1, -0.05) is 0 Å². The van der Waals surface area contributed by atoms with Crippen molar-refractivity contribution in [2.45, 2.75) is 26.3 Å². The van der Waals surface area contributed by atoms with Gasteiger partial charge < -0.3 is 9.13 Å². The van der Waals surface area contributed by atoms with E-state index in [9.17, 15) is 4.79 Å². The molecule has 0 aliphatic carbocycles. The van der Waals surface area contributed by atoms with Crippen LogP contribution in [-0.4, -0.2) is 30.2 Å². The molecule has 1 atom stereocenters. The number of aromatic nitrogens is 5. The second-order valence-corrected chi connectivity index (χ2v) is 4.89. The summed E-state index contributed by atoms with van der Waals surface area (Å²) in [5.74, 6) is 1.48. The van der Waals surface area contributed by atoms with E-state index in [1.807, 2.05) is 13.1 Å². The van der Waals surface area contributed by atoms with Crippen molar-refractivity contribution in [3.63, 3.8) is 0 Å². The van der Waals surface area contributed by atoms with E-state index in [0.717, 1.165) is 30.9 Å². The smallest absolute Gasteiger partial charge is 0.230 e. The molecule has 0 spiro atoms. The first-order valence-electron chi connectivity index (χ1n) is 6.31. The summed E-state index contributed by atoms with van der Waals surface area (Å²) in [6.07, 6.45) is 4.98. The first-order chi connectivity index (χ1) is 9.15. The molecule has 7 heteroatoms. The zero-order valence-electron chi connectivity index (χ0n) is 11.0. The molecule has 1 amide bonds. The number of carbonyl (C=O) groups excluding carboxylic acids is 1. The van der Waals surface area contributed by atoms with E-state index in [1.54, 1.807) is 17.9 Å². The maximum atomic E-state index is 12.2. The second-order valence-electron chi connectivity index (χ2n) is 4.89. The number of fused-ring (bicyclic) bond motifs is 1. The Morgan fingerprint density at radius 3 is 3.11 bits per heavy atom. The summed E-state index contributed by atoms with van der Waals surface area (Å²) in [6, 6.07) is 0. The molecule has 1 N–H and O–H groups in total. The number of anilines is 1. The van der Waals surface area contributed by atoms with Crippen LogP contribution in [0.1, 0.15) is 17.9 Å². The highest BCUT2D eigenvalue weighted by Crippen LogP contribution is 2.22. The van der Waals surface area contributed by atoms with Crippen LogP contribution in [0, 0.1) is 12.8 Å². The lowest BCUT2D eigenvalue weighted by Gasteiger charge is -2.23. The summed E-state index contributed by atoms with van der Waals surface area (Å²) >= 11 is 0. The molecule has 3 rings (SSSR count). The van der Waals surface area contributed by atoms with Crippen LogP contribution in [0.25, 0.3) is 0 Å². The molecule has 0 aromatic carbocycles. The SMILES string of the molecule is Cc1ncc2n1CCC(C(=O)Nc1nncn1C)C2. The molecule has 19 heavy (non-hydrogen) atoms. The number of nitrogens with zero attached hydrogens (tertiary/aromatic N) is 5. The monoisotopic (exact) mass is 260 g/mol. The van der Waals surface area contributed by atoms with Crippen LogP contribution in [0.5, 0.6) is 0 Å². The minimum absolute atomic E-state index is 0.00111. The number of rotatable bonds is 2. The summed E-state index contributed by atoms with van der Waals surface area (Å²) < 4.78 is 3.86. The van der Waals surface area contributed by atoms with Crippen molar-refractivity contribution in [2.24, 2.45) is 13.0 Å². The van der Waals surface area contributed by atoms with Gasteiger partial charge >= 0.3 is 0 Å². The molecular formula is C12H16N6O. The lowest BCUT2D eigenvalue weighted by molar-refractivity contribution is -0.120. The molecular weight excluding hydrogens is 244 g/mol. The van der Waals surface area contributed by atoms with E-state index in [4.69, 9.17) is 0 Å². The van der Waals surface area contributed by atoms with Gasteiger partial charge in [-0.3, -0.25) is 10.1 Å². The summed E-state index contributed by atoms with van der Waals surface area (Å²) in [5.41, 5.74) is 1.13. The number of hydrogen-bond donors (Lipinski definition) is 1. The zero-order chi connectivity index (χ0) is 13.4. The first-order valence-corrected chi connectivity index (χ1v) is 6.31. The van der Waals surface area contributed by atoms with Crippen LogP contribution in [0.15, 0.2) is 12.5 Å². The van der Waals surface area contributed by atoms with Gasteiger partial charge in [0.05, 0.1) is 0 Å². The molecule has 1 aliphatic heterocycles. The highest BCUT2D eigenvalue weighted by Gasteiger charge is 2.26. The van der Waals surface area contributed by atoms with Crippen LogP contribution >= 0.6 is 0 Å². The Balaban J connectivity index is 1.71. The Labute approximate surface area is 110 Å². The van der Waals surface area contributed by atoms with Crippen molar-refractivity contribution in [1.29, 1.82) is 0 Å². The van der Waals surface area contributed by atoms with Crippen molar-refractivity contribution in [2.75, 3.05) is 5.32 Å². The third-order valence-electron chi connectivity index (χ3n) is 3.61. The number of amides is 1. The van der Waals surface area contributed by atoms with Crippen molar-refractivity contribution in [3.05, 3.63) is 24.0 Å². The van der Waals surface area contributed by atoms with E-state index >= 15 is 0 Å². The summed E-state index contributed by atoms with van der Waals surface area (Å²) in [6.45, 7) is 2.83. The van der Waals surface area contributed by atoms with E-state index in [-0.39, 0.29) is 11.8 Å². The fraction of sp³-hybridized carbons (Fsp3) is 0.500. The number of hydrogen-bond acceptors (Lipinski definition) is 4. The molecule has 0 fully saturated rings. The fourth-order valence-corrected chi connectivity index (χ4v) is 2.46. The van der Waals surface area contributed by atoms with Gasteiger partial charge in [-0.2, -0.15) is 0 Å². The quantitative estimate of drug-likeness (QED) is 0.854. The molecule has 0 saturated heterocycles. The number of nitrogens with one attached hydrogen (secondary N) is 1. The zero-order valence-corrected chi connectivity index (χ0v) is 11.0. The highest BCUT2D eigenvalue weighted by molar-refractivity contribution is 5.91. The molecule has 0 bridgehead atoms. The van der Waals surface area contributed by atoms with Gasteiger partial charge in [0.15, 0.2) is 0 Å². The number of aryl methyl sites for hydroxylation is 2. The predicted molar refractivity (Wildman–Crippen MR) is 68.4 cm³/mol. The molecule has 2 aromatic heterocycles. The standard InChI is InChI=1S/C12H16N6O/c1-8-13-6-10-5-9(3-4-18(8)10)11(19)15-12-16-14-7-17(12)2/h6-7,9H,3-5H2,1-2H3,(H,15,16,19). The van der Waals surface area contributed by atoms with Gasteiger partial charge in [-0.25, -0.2) is 4.98 Å². The van der Waals surface area contributed by atoms with Crippen LogP contribution < -0.4 is 5.32 Å². The predicted octanol–water partition coefficient (Wildman–Crippen LogP) is 0.521. The Morgan fingerprint density at radius 2 is 2.37 bits per heavy atom. The van der Waals surface area contributed by atoms with E-state index < -0.39 is 0 Å². The molecule has 0 radical (unpaired) electrons. The average molecular weight is 260 g/mol. The van der Waals surface area contributed by atoms with Crippen molar-refractivity contribution < 1.29 is 4.79 Å². The fourth-order valence-electron chi connectivity index (χ4n) is 2.46. The average Bonchev–Trinajstić information content (AvgIpc) is 2.97. The third-order valence-corrected chi connectivity index (χ3v) is 3.61.